The molecule has 0 saturated carbocycles. The van der Waals surface area contributed by atoms with Crippen molar-refractivity contribution in [1.82, 2.24) is 4.57 Å². The molecule has 1 heterocycles. The molecule has 4 nitrogen and oxygen atoms in total. The molecule has 2 N–H and O–H groups in total. The number of anilines is 1. The first kappa shape index (κ1) is 18.9. The number of nitrogens with zero attached hydrogens (tertiary/aromatic N) is 1. The molecule has 4 aromatic rings. The van der Waals surface area contributed by atoms with Crippen LogP contribution in [0.4, 0.5) is 5.69 Å². The minimum atomic E-state index is -0.602. The van der Waals surface area contributed by atoms with Crippen molar-refractivity contribution in [2.75, 3.05) is 19.0 Å². The highest BCUT2D eigenvalue weighted by Crippen LogP contribution is 2.33. The second kappa shape index (κ2) is 7.92. The van der Waals surface area contributed by atoms with Crippen molar-refractivity contribution in [1.29, 1.82) is 0 Å². The molecule has 3 aromatic carbocycles. The Bertz CT molecular complexity index is 1080. The summed E-state index contributed by atoms with van der Waals surface area (Å²) in [5.41, 5.74) is 2.88. The van der Waals surface area contributed by atoms with Gasteiger partial charge in [-0.25, -0.2) is 0 Å². The Kier molecular flexibility index (Phi) is 5.36. The summed E-state index contributed by atoms with van der Waals surface area (Å²) in [5.74, 6) is 0.746. The second-order valence-electron chi connectivity index (χ2n) is 6.67. The van der Waals surface area contributed by atoms with E-state index in [0.29, 0.717) is 23.1 Å². The molecule has 4 rings (SSSR count). The van der Waals surface area contributed by atoms with Crippen LogP contribution in [0, 0.1) is 0 Å². The van der Waals surface area contributed by atoms with Crippen molar-refractivity contribution in [2.45, 2.75) is 12.6 Å². The highest BCUT2D eigenvalue weighted by molar-refractivity contribution is 6.33. The first-order chi connectivity index (χ1) is 13.6. The van der Waals surface area contributed by atoms with Crippen molar-refractivity contribution >= 4 is 50.7 Å². The Morgan fingerprint density at radius 2 is 1.57 bits per heavy atom. The van der Waals surface area contributed by atoms with Gasteiger partial charge in [-0.2, -0.15) is 0 Å². The van der Waals surface area contributed by atoms with Crippen LogP contribution in [-0.2, 0) is 6.54 Å². The lowest BCUT2D eigenvalue weighted by Gasteiger charge is -2.17. The van der Waals surface area contributed by atoms with Crippen LogP contribution < -0.4 is 10.1 Å². The van der Waals surface area contributed by atoms with Crippen LogP contribution in [0.2, 0.25) is 10.0 Å². The fraction of sp³-hybridized carbons (Fsp3) is 0.182. The highest BCUT2D eigenvalue weighted by atomic mass is 35.5. The Labute approximate surface area is 173 Å². The molecule has 0 fully saturated rings. The van der Waals surface area contributed by atoms with Crippen molar-refractivity contribution in [3.63, 3.8) is 0 Å². The van der Waals surface area contributed by atoms with Crippen LogP contribution in [0.1, 0.15) is 0 Å². The number of ether oxygens (including phenoxy) is 1. The molecule has 0 aliphatic rings. The Hall–Kier alpha value is -2.40. The van der Waals surface area contributed by atoms with E-state index in [1.54, 1.807) is 7.11 Å². The van der Waals surface area contributed by atoms with E-state index in [-0.39, 0.29) is 0 Å². The number of methoxy groups -OCH3 is 1. The largest absolute Gasteiger partial charge is 0.495 e. The number of rotatable bonds is 6. The number of halogens is 2. The molecule has 0 saturated heterocycles. The summed E-state index contributed by atoms with van der Waals surface area (Å²) in [6, 6.07) is 19.2. The van der Waals surface area contributed by atoms with Crippen molar-refractivity contribution in [3.05, 3.63) is 70.7 Å². The molecule has 0 bridgehead atoms. The van der Waals surface area contributed by atoms with Gasteiger partial charge in [-0.3, -0.25) is 0 Å². The summed E-state index contributed by atoms with van der Waals surface area (Å²) < 4.78 is 7.45. The van der Waals surface area contributed by atoms with Crippen LogP contribution in [-0.4, -0.2) is 29.4 Å². The van der Waals surface area contributed by atoms with E-state index in [1.807, 2.05) is 60.7 Å². The molecule has 0 spiro atoms. The average Bonchev–Trinajstić information content (AvgIpc) is 2.98. The number of aliphatic hydroxyl groups excluding tert-OH is 1. The van der Waals surface area contributed by atoms with E-state index in [2.05, 4.69) is 9.88 Å². The van der Waals surface area contributed by atoms with Gasteiger partial charge < -0.3 is 19.7 Å². The van der Waals surface area contributed by atoms with E-state index in [1.165, 1.54) is 0 Å². The van der Waals surface area contributed by atoms with Crippen LogP contribution in [0.25, 0.3) is 21.8 Å². The quantitative estimate of drug-likeness (QED) is 0.432. The molecule has 0 aliphatic heterocycles. The predicted molar refractivity (Wildman–Crippen MR) is 117 cm³/mol. The number of fused-ring (bicyclic) bond motifs is 3. The third kappa shape index (κ3) is 3.63. The Morgan fingerprint density at radius 3 is 2.18 bits per heavy atom. The maximum atomic E-state index is 10.7. The number of benzene rings is 3. The molecule has 1 atom stereocenters. The molecule has 28 heavy (non-hydrogen) atoms. The van der Waals surface area contributed by atoms with Gasteiger partial charge in [-0.05, 0) is 48.5 Å². The van der Waals surface area contributed by atoms with Gasteiger partial charge >= 0.3 is 0 Å². The Balaban J connectivity index is 1.63. The standard InChI is InChI=1S/C22H20Cl2N2O2/c1-28-22-5-3-2-4-19(22)25-12-16(27)13-26-20-8-6-14(23)10-17(20)18-11-15(24)7-9-21(18)26/h2-11,16,25,27H,12-13H2,1H3/t16-/m0/s1. The van der Waals surface area contributed by atoms with Crippen LogP contribution in [0.15, 0.2) is 60.7 Å². The van der Waals surface area contributed by atoms with E-state index >= 15 is 0 Å². The maximum absolute atomic E-state index is 10.7. The summed E-state index contributed by atoms with van der Waals surface area (Å²) in [6.45, 7) is 0.828. The molecule has 144 valence electrons. The molecular weight excluding hydrogens is 395 g/mol. The number of nitrogens with one attached hydrogen (secondary N) is 1. The van der Waals surface area contributed by atoms with E-state index < -0.39 is 6.10 Å². The van der Waals surface area contributed by atoms with E-state index in [4.69, 9.17) is 27.9 Å². The van der Waals surface area contributed by atoms with Crippen molar-refractivity contribution in [3.8, 4) is 5.75 Å². The number of aliphatic hydroxyl groups is 1. The van der Waals surface area contributed by atoms with Crippen molar-refractivity contribution < 1.29 is 9.84 Å². The lowest BCUT2D eigenvalue weighted by atomic mass is 10.1. The molecule has 1 aromatic heterocycles. The maximum Gasteiger partial charge on any atom is 0.141 e. The highest BCUT2D eigenvalue weighted by Gasteiger charge is 2.15. The summed E-state index contributed by atoms with van der Waals surface area (Å²) in [6.07, 6.45) is -0.602. The van der Waals surface area contributed by atoms with E-state index in [0.717, 1.165) is 33.2 Å². The lowest BCUT2D eigenvalue weighted by molar-refractivity contribution is 0.169. The average molecular weight is 415 g/mol. The smallest absolute Gasteiger partial charge is 0.141 e. The zero-order valence-corrected chi connectivity index (χ0v) is 16.8. The van der Waals surface area contributed by atoms with Gasteiger partial charge in [0.05, 0.1) is 25.4 Å². The molecule has 0 unspecified atom stereocenters. The molecule has 0 radical (unpaired) electrons. The third-order valence-electron chi connectivity index (χ3n) is 4.82. The molecule has 6 heteroatoms. The van der Waals surface area contributed by atoms with E-state index in [9.17, 15) is 5.11 Å². The number of aromatic nitrogens is 1. The van der Waals surface area contributed by atoms with Gasteiger partial charge in [0.2, 0.25) is 0 Å². The zero-order chi connectivity index (χ0) is 19.7. The fourth-order valence-corrected chi connectivity index (χ4v) is 3.88. The first-order valence-corrected chi connectivity index (χ1v) is 9.74. The topological polar surface area (TPSA) is 46.4 Å². The van der Waals surface area contributed by atoms with Gasteiger partial charge in [-0.1, -0.05) is 35.3 Å². The lowest BCUT2D eigenvalue weighted by Crippen LogP contribution is -2.25. The van der Waals surface area contributed by atoms with Gasteiger partial charge in [-0.15, -0.1) is 0 Å². The summed E-state index contributed by atoms with van der Waals surface area (Å²) >= 11 is 12.4. The minimum absolute atomic E-state index is 0.392. The van der Waals surface area contributed by atoms with Crippen LogP contribution in [0.3, 0.4) is 0 Å². The molecule has 0 aliphatic carbocycles. The number of hydrogen-bond donors (Lipinski definition) is 2. The summed E-state index contributed by atoms with van der Waals surface area (Å²) in [7, 11) is 1.63. The van der Waals surface area contributed by atoms with Gasteiger partial charge in [0.1, 0.15) is 5.75 Å². The third-order valence-corrected chi connectivity index (χ3v) is 5.29. The predicted octanol–water partition coefficient (Wildman–Crippen LogP) is 5.58. The van der Waals surface area contributed by atoms with Gasteiger partial charge in [0.15, 0.2) is 0 Å². The van der Waals surface area contributed by atoms with Crippen molar-refractivity contribution in [2.24, 2.45) is 0 Å². The fourth-order valence-electron chi connectivity index (χ4n) is 3.54. The second-order valence-corrected chi connectivity index (χ2v) is 7.54. The van der Waals surface area contributed by atoms with Crippen LogP contribution >= 0.6 is 23.2 Å². The zero-order valence-electron chi connectivity index (χ0n) is 15.3. The summed E-state index contributed by atoms with van der Waals surface area (Å²) in [5, 5.41) is 17.3. The SMILES string of the molecule is COc1ccccc1NC[C@H](O)Cn1c2ccc(Cl)cc2c2cc(Cl)ccc21. The molecule has 0 amide bonds. The minimum Gasteiger partial charge on any atom is -0.495 e. The number of para-hydroxylation sites is 2. The number of hydrogen-bond acceptors (Lipinski definition) is 3. The van der Waals surface area contributed by atoms with Crippen LogP contribution in [0.5, 0.6) is 5.75 Å². The first-order valence-electron chi connectivity index (χ1n) is 8.99. The summed E-state index contributed by atoms with van der Waals surface area (Å²) in [4.78, 5) is 0. The monoisotopic (exact) mass is 414 g/mol. The Morgan fingerprint density at radius 1 is 0.964 bits per heavy atom. The normalized spacial score (nSPS) is 12.4. The molecular formula is C22H20Cl2N2O2. The van der Waals surface area contributed by atoms with Gasteiger partial charge in [0.25, 0.3) is 0 Å². The van der Waals surface area contributed by atoms with Gasteiger partial charge in [0, 0.05) is 38.4 Å².